The van der Waals surface area contributed by atoms with Gasteiger partial charge in [0.1, 0.15) is 5.75 Å². The van der Waals surface area contributed by atoms with Gasteiger partial charge < -0.3 is 25.5 Å². The van der Waals surface area contributed by atoms with Crippen LogP contribution < -0.4 is 21.6 Å². The molecule has 186 valence electrons. The quantitative estimate of drug-likeness (QED) is 0.267. The maximum Gasteiger partial charge on any atom is 0.407 e. The van der Waals surface area contributed by atoms with Gasteiger partial charge in [-0.2, -0.15) is 13.2 Å². The molecule has 0 aromatic carbocycles. The molecule has 2 rings (SSSR count). The first kappa shape index (κ1) is 26.6. The van der Waals surface area contributed by atoms with Gasteiger partial charge in [-0.25, -0.2) is 15.6 Å². The number of nitrogens with one attached hydrogen (secondary N) is 1. The number of likely N-dealkylation sites (N-methyl/N-ethyl adjacent to an activating group) is 1. The first-order chi connectivity index (χ1) is 15.6. The minimum atomic E-state index is -4.21. The van der Waals surface area contributed by atoms with Crippen LogP contribution in [0.15, 0.2) is 17.8 Å². The fourth-order valence-corrected chi connectivity index (χ4v) is 3.54. The number of nitrogens with zero attached hydrogens (tertiary/aromatic N) is 2. The van der Waals surface area contributed by atoms with Crippen LogP contribution in [-0.2, 0) is 4.74 Å². The lowest BCUT2D eigenvalue weighted by molar-refractivity contribution is -0.135. The average Bonchev–Trinajstić information content (AvgIpc) is 2.74. The number of alkyl halides is 3. The van der Waals surface area contributed by atoms with Gasteiger partial charge in [0.05, 0.1) is 42.0 Å². The highest BCUT2D eigenvalue weighted by Gasteiger charge is 2.26. The Hall–Kier alpha value is -2.69. The van der Waals surface area contributed by atoms with Gasteiger partial charge in [0, 0.05) is 13.5 Å². The van der Waals surface area contributed by atoms with Gasteiger partial charge in [-0.1, -0.05) is 6.42 Å². The number of pyridine rings is 1. The smallest absolute Gasteiger partial charge is 0.407 e. The third-order valence-electron chi connectivity index (χ3n) is 5.38. The number of nitrogens with two attached hydrogens (primary N) is 2. The molecule has 1 heterocycles. The fraction of sp³-hybridized carbons (Fsp3) is 0.636. The van der Waals surface area contributed by atoms with Gasteiger partial charge in [-0.05, 0) is 57.6 Å². The number of unbranched alkanes of at least 4 members (excludes halogenated alkanes) is 1. The number of hydrogen-bond acceptors (Lipinski definition) is 7. The van der Waals surface area contributed by atoms with Crippen molar-refractivity contribution in [1.82, 2.24) is 15.3 Å². The van der Waals surface area contributed by atoms with E-state index >= 15 is 0 Å². The molecule has 11 heteroatoms. The van der Waals surface area contributed by atoms with Crippen molar-refractivity contribution < 1.29 is 27.4 Å². The minimum Gasteiger partial charge on any atom is -0.489 e. The normalized spacial score (nSPS) is 15.6. The Morgan fingerprint density at radius 1 is 1.24 bits per heavy atom. The van der Waals surface area contributed by atoms with E-state index < -0.39 is 18.7 Å². The van der Waals surface area contributed by atoms with E-state index in [9.17, 15) is 18.0 Å². The summed E-state index contributed by atoms with van der Waals surface area (Å²) in [6.45, 7) is 1.69. The topological polar surface area (TPSA) is 116 Å². The lowest BCUT2D eigenvalue weighted by Gasteiger charge is -2.24. The van der Waals surface area contributed by atoms with Crippen LogP contribution in [0.25, 0.3) is 5.70 Å². The van der Waals surface area contributed by atoms with E-state index in [0.717, 1.165) is 12.8 Å². The summed E-state index contributed by atoms with van der Waals surface area (Å²) in [6, 6.07) is 3.57. The number of aromatic nitrogens is 1. The second-order valence-corrected chi connectivity index (χ2v) is 8.19. The molecule has 1 fully saturated rings. The Morgan fingerprint density at radius 2 is 1.94 bits per heavy atom. The number of halogens is 3. The van der Waals surface area contributed by atoms with E-state index in [-0.39, 0.29) is 37.8 Å². The highest BCUT2D eigenvalue weighted by Crippen LogP contribution is 2.26. The lowest BCUT2D eigenvalue weighted by atomic mass is 9.98. The zero-order valence-electron chi connectivity index (χ0n) is 19.2. The maximum absolute atomic E-state index is 12.1. The molecule has 0 bridgehead atoms. The van der Waals surface area contributed by atoms with Gasteiger partial charge >= 0.3 is 12.3 Å². The molecule has 0 aliphatic heterocycles. The van der Waals surface area contributed by atoms with Crippen LogP contribution in [-0.4, -0.2) is 48.6 Å². The maximum atomic E-state index is 12.1. The van der Waals surface area contributed by atoms with Crippen LogP contribution in [0, 0.1) is 6.92 Å². The number of carbonyl (C=O) groups excluding carboxylic acids is 1. The second kappa shape index (κ2) is 12.5. The molecule has 1 amide bonds. The van der Waals surface area contributed by atoms with Crippen LogP contribution in [0.3, 0.4) is 0 Å². The molecule has 0 atom stereocenters. The molecule has 5 N–H and O–H groups in total. The molecular formula is C22H34F3N5O3. The van der Waals surface area contributed by atoms with E-state index in [1.807, 2.05) is 13.0 Å². The predicted octanol–water partition coefficient (Wildman–Crippen LogP) is 3.99. The molecule has 33 heavy (non-hydrogen) atoms. The second-order valence-electron chi connectivity index (χ2n) is 8.19. The molecule has 1 aromatic rings. The molecule has 0 unspecified atom stereocenters. The Bertz CT molecular complexity index is 809. The van der Waals surface area contributed by atoms with Crippen molar-refractivity contribution in [3.63, 3.8) is 0 Å². The standard InChI is InChI=1S/C22H34F3N5O3/c1-15-19(33-16-8-4-3-5-9-16)11-10-17(29-15)20(26)18(30(2)27)14-28-21(31)32-13-7-6-12-22(23,24)25/h10-11,16H,3-9,12-14,26-27H2,1-2H3,(H,28,31)/b20-18-. The number of ether oxygens (including phenoxy) is 2. The van der Waals surface area contributed by atoms with Gasteiger partial charge in [-0.15, -0.1) is 0 Å². The number of hydrogen-bond donors (Lipinski definition) is 3. The van der Waals surface area contributed by atoms with Crippen molar-refractivity contribution >= 4 is 11.8 Å². The number of aryl methyl sites for hydroxylation is 1. The van der Waals surface area contributed by atoms with Gasteiger partial charge in [-0.3, -0.25) is 0 Å². The summed E-state index contributed by atoms with van der Waals surface area (Å²) in [6.07, 6.45) is -0.0216. The van der Waals surface area contributed by atoms with E-state index in [1.54, 1.807) is 13.1 Å². The van der Waals surface area contributed by atoms with Crippen molar-refractivity contribution in [3.8, 4) is 5.75 Å². The Labute approximate surface area is 192 Å². The number of carbonyl (C=O) groups is 1. The van der Waals surface area contributed by atoms with Gasteiger partial charge in [0.15, 0.2) is 0 Å². The third-order valence-corrected chi connectivity index (χ3v) is 5.38. The predicted molar refractivity (Wildman–Crippen MR) is 119 cm³/mol. The molecule has 0 spiro atoms. The average molecular weight is 474 g/mol. The third kappa shape index (κ3) is 9.37. The lowest BCUT2D eigenvalue weighted by Crippen LogP contribution is -2.36. The molecule has 0 radical (unpaired) electrons. The Morgan fingerprint density at radius 3 is 2.55 bits per heavy atom. The zero-order valence-corrected chi connectivity index (χ0v) is 19.2. The van der Waals surface area contributed by atoms with Crippen LogP contribution in [0.2, 0.25) is 0 Å². The Kier molecular flexibility index (Phi) is 10.1. The number of amides is 1. The summed E-state index contributed by atoms with van der Waals surface area (Å²) in [5, 5.41) is 3.77. The van der Waals surface area contributed by atoms with Crippen molar-refractivity contribution in [3.05, 3.63) is 29.2 Å². The van der Waals surface area contributed by atoms with Crippen LogP contribution >= 0.6 is 0 Å². The van der Waals surface area contributed by atoms with Crippen LogP contribution in [0.4, 0.5) is 18.0 Å². The number of alkyl carbamates (subject to hydrolysis) is 1. The van der Waals surface area contributed by atoms with E-state index in [0.29, 0.717) is 22.8 Å². The number of hydrazine groups is 1. The SMILES string of the molecule is Cc1nc(/C(N)=C(\CNC(=O)OCCCCC(F)(F)F)N(C)N)ccc1OC1CCCCC1. The van der Waals surface area contributed by atoms with Gasteiger partial charge in [0.25, 0.3) is 0 Å². The molecular weight excluding hydrogens is 439 g/mol. The first-order valence-corrected chi connectivity index (χ1v) is 11.2. The monoisotopic (exact) mass is 473 g/mol. The van der Waals surface area contributed by atoms with Crippen molar-refractivity contribution in [2.24, 2.45) is 11.6 Å². The first-order valence-electron chi connectivity index (χ1n) is 11.2. The number of rotatable bonds is 10. The van der Waals surface area contributed by atoms with Crippen molar-refractivity contribution in [1.29, 1.82) is 0 Å². The van der Waals surface area contributed by atoms with Crippen LogP contribution in [0.5, 0.6) is 5.75 Å². The van der Waals surface area contributed by atoms with E-state index in [4.69, 9.17) is 21.1 Å². The fourth-order valence-electron chi connectivity index (χ4n) is 3.54. The highest BCUT2D eigenvalue weighted by molar-refractivity contribution is 5.69. The molecule has 1 saturated carbocycles. The molecule has 1 aliphatic carbocycles. The summed E-state index contributed by atoms with van der Waals surface area (Å²) in [5.74, 6) is 6.59. The van der Waals surface area contributed by atoms with Crippen molar-refractivity contribution in [2.45, 2.75) is 70.6 Å². The highest BCUT2D eigenvalue weighted by atomic mass is 19.4. The molecule has 1 aliphatic rings. The molecule has 1 aromatic heterocycles. The summed E-state index contributed by atoms with van der Waals surface area (Å²) >= 11 is 0. The van der Waals surface area contributed by atoms with E-state index in [2.05, 4.69) is 10.3 Å². The minimum absolute atomic E-state index is 0.0404. The van der Waals surface area contributed by atoms with E-state index in [1.165, 1.54) is 24.3 Å². The molecule has 0 saturated heterocycles. The summed E-state index contributed by atoms with van der Waals surface area (Å²) in [5.41, 5.74) is 8.13. The summed E-state index contributed by atoms with van der Waals surface area (Å²) in [4.78, 5) is 16.4. The largest absolute Gasteiger partial charge is 0.489 e. The molecule has 8 nitrogen and oxygen atoms in total. The zero-order chi connectivity index (χ0) is 24.4. The summed E-state index contributed by atoms with van der Waals surface area (Å²) < 4.78 is 47.4. The van der Waals surface area contributed by atoms with Crippen molar-refractivity contribution in [2.75, 3.05) is 20.2 Å². The Balaban J connectivity index is 1.93. The summed E-state index contributed by atoms with van der Waals surface area (Å²) in [7, 11) is 1.57. The van der Waals surface area contributed by atoms with Crippen LogP contribution in [0.1, 0.15) is 62.8 Å². The van der Waals surface area contributed by atoms with Gasteiger partial charge in [0.2, 0.25) is 0 Å².